The van der Waals surface area contributed by atoms with Gasteiger partial charge in [0, 0.05) is 21.3 Å². The first-order valence-corrected chi connectivity index (χ1v) is 7.09. The van der Waals surface area contributed by atoms with E-state index >= 15 is 0 Å². The lowest BCUT2D eigenvalue weighted by molar-refractivity contribution is 0.750. The summed E-state index contributed by atoms with van der Waals surface area (Å²) >= 11 is 5.30. The van der Waals surface area contributed by atoms with Gasteiger partial charge in [0.1, 0.15) is 6.07 Å². The standard InChI is InChI=1S/C12H12BrN3S/c1-8(2)7-17-10-3-11(13)12-9(4-14)5-15-16(12)6-10/h3,5-6,8H,7H2,1-2H3. The maximum absolute atomic E-state index is 8.97. The molecule has 2 aromatic rings. The van der Waals surface area contributed by atoms with E-state index in [-0.39, 0.29) is 0 Å². The first-order chi connectivity index (χ1) is 8.11. The summed E-state index contributed by atoms with van der Waals surface area (Å²) in [6, 6.07) is 4.19. The molecule has 2 aromatic heterocycles. The SMILES string of the molecule is CC(C)CSc1cc(Br)c2c(C#N)cnn2c1. The smallest absolute Gasteiger partial charge is 0.103 e. The molecule has 0 saturated carbocycles. The molecule has 0 aliphatic carbocycles. The topological polar surface area (TPSA) is 41.1 Å². The molecule has 2 heterocycles. The molecule has 0 bridgehead atoms. The molecule has 3 nitrogen and oxygen atoms in total. The number of aromatic nitrogens is 2. The zero-order valence-electron chi connectivity index (χ0n) is 9.64. The van der Waals surface area contributed by atoms with Gasteiger partial charge in [-0.25, -0.2) is 4.52 Å². The van der Waals surface area contributed by atoms with Crippen LogP contribution in [-0.4, -0.2) is 15.4 Å². The molecule has 0 spiro atoms. The van der Waals surface area contributed by atoms with Gasteiger partial charge in [0.05, 0.1) is 17.3 Å². The van der Waals surface area contributed by atoms with Crippen LogP contribution in [0, 0.1) is 17.2 Å². The number of hydrogen-bond donors (Lipinski definition) is 0. The fourth-order valence-corrected chi connectivity index (χ4v) is 3.17. The lowest BCUT2D eigenvalue weighted by Gasteiger charge is -2.06. The molecule has 0 unspecified atom stereocenters. The lowest BCUT2D eigenvalue weighted by atomic mass is 10.3. The van der Waals surface area contributed by atoms with Gasteiger partial charge in [0.15, 0.2) is 0 Å². The second kappa shape index (κ2) is 5.11. The molecule has 0 fully saturated rings. The first-order valence-electron chi connectivity index (χ1n) is 5.31. The van der Waals surface area contributed by atoms with E-state index in [1.165, 1.54) is 0 Å². The van der Waals surface area contributed by atoms with Gasteiger partial charge >= 0.3 is 0 Å². The zero-order valence-corrected chi connectivity index (χ0v) is 12.0. The van der Waals surface area contributed by atoms with Crippen molar-refractivity contribution in [2.75, 3.05) is 5.75 Å². The summed E-state index contributed by atoms with van der Waals surface area (Å²) in [6.45, 7) is 4.39. The Morgan fingerprint density at radius 1 is 1.59 bits per heavy atom. The molecule has 17 heavy (non-hydrogen) atoms. The molecule has 0 aliphatic heterocycles. The monoisotopic (exact) mass is 309 g/mol. The third kappa shape index (κ3) is 2.64. The first kappa shape index (κ1) is 12.5. The van der Waals surface area contributed by atoms with Crippen molar-refractivity contribution in [1.82, 2.24) is 9.61 Å². The fraction of sp³-hybridized carbons (Fsp3) is 0.333. The van der Waals surface area contributed by atoms with Crippen LogP contribution in [0.5, 0.6) is 0 Å². The summed E-state index contributed by atoms with van der Waals surface area (Å²) in [7, 11) is 0. The van der Waals surface area contributed by atoms with Crippen LogP contribution in [0.3, 0.4) is 0 Å². The number of hydrogen-bond acceptors (Lipinski definition) is 3. The normalized spacial score (nSPS) is 11.0. The minimum absolute atomic E-state index is 0.595. The number of thioether (sulfide) groups is 1. The second-order valence-corrected chi connectivity index (χ2v) is 6.14. The van der Waals surface area contributed by atoms with Crippen LogP contribution in [0.2, 0.25) is 0 Å². The van der Waals surface area contributed by atoms with Crippen LogP contribution in [0.1, 0.15) is 19.4 Å². The number of pyridine rings is 1. The number of fused-ring (bicyclic) bond motifs is 1. The van der Waals surface area contributed by atoms with E-state index in [2.05, 4.69) is 40.9 Å². The highest BCUT2D eigenvalue weighted by Gasteiger charge is 2.09. The molecule has 5 heteroatoms. The van der Waals surface area contributed by atoms with Crippen molar-refractivity contribution in [3.8, 4) is 6.07 Å². The summed E-state index contributed by atoms with van der Waals surface area (Å²) in [5.41, 5.74) is 1.43. The summed E-state index contributed by atoms with van der Waals surface area (Å²) < 4.78 is 2.67. The van der Waals surface area contributed by atoms with Crippen LogP contribution < -0.4 is 0 Å². The Hall–Kier alpha value is -0.990. The Bertz CT molecular complexity index is 583. The van der Waals surface area contributed by atoms with E-state index in [0.29, 0.717) is 11.5 Å². The van der Waals surface area contributed by atoms with Crippen LogP contribution in [0.4, 0.5) is 0 Å². The van der Waals surface area contributed by atoms with E-state index in [1.54, 1.807) is 22.5 Å². The summed E-state index contributed by atoms with van der Waals surface area (Å²) in [5, 5.41) is 13.2. The molecule has 0 radical (unpaired) electrons. The van der Waals surface area contributed by atoms with Gasteiger partial charge < -0.3 is 0 Å². The van der Waals surface area contributed by atoms with E-state index in [9.17, 15) is 0 Å². The maximum Gasteiger partial charge on any atom is 0.103 e. The molecule has 0 N–H and O–H groups in total. The van der Waals surface area contributed by atoms with Crippen LogP contribution in [0.15, 0.2) is 27.8 Å². The van der Waals surface area contributed by atoms with Gasteiger partial charge in [-0.15, -0.1) is 11.8 Å². The minimum Gasteiger partial charge on any atom is -0.237 e. The Balaban J connectivity index is 2.40. The Morgan fingerprint density at radius 3 is 3.00 bits per heavy atom. The summed E-state index contributed by atoms with van der Waals surface area (Å²) in [6.07, 6.45) is 3.56. The van der Waals surface area contributed by atoms with Gasteiger partial charge in [-0.05, 0) is 27.9 Å². The Morgan fingerprint density at radius 2 is 2.35 bits per heavy atom. The molecule has 88 valence electrons. The molecule has 2 rings (SSSR count). The van der Waals surface area contributed by atoms with Crippen LogP contribution in [0.25, 0.3) is 5.52 Å². The second-order valence-electron chi connectivity index (χ2n) is 4.19. The molecule has 0 aliphatic rings. The van der Waals surface area contributed by atoms with Crippen LogP contribution in [-0.2, 0) is 0 Å². The number of nitrogens with zero attached hydrogens (tertiary/aromatic N) is 3. The largest absolute Gasteiger partial charge is 0.237 e. The minimum atomic E-state index is 0.595. The molecule has 0 aromatic carbocycles. The number of halogens is 1. The highest BCUT2D eigenvalue weighted by Crippen LogP contribution is 2.28. The van der Waals surface area contributed by atoms with Crippen molar-refractivity contribution in [1.29, 1.82) is 5.26 Å². The van der Waals surface area contributed by atoms with E-state index in [0.717, 1.165) is 20.6 Å². The molecule has 0 amide bonds. The molecule has 0 saturated heterocycles. The Labute approximate surface area is 113 Å². The third-order valence-electron chi connectivity index (χ3n) is 2.24. The molecule has 0 atom stereocenters. The fourth-order valence-electron chi connectivity index (χ4n) is 1.47. The number of rotatable bonds is 3. The van der Waals surface area contributed by atoms with Crippen LogP contribution >= 0.6 is 27.7 Å². The van der Waals surface area contributed by atoms with Crippen molar-refractivity contribution >= 4 is 33.2 Å². The predicted octanol–water partition coefficient (Wildman–Crippen LogP) is 3.72. The zero-order chi connectivity index (χ0) is 12.4. The third-order valence-corrected chi connectivity index (χ3v) is 4.24. The lowest BCUT2D eigenvalue weighted by Crippen LogP contribution is -1.93. The van der Waals surface area contributed by atoms with Crippen molar-refractivity contribution in [2.45, 2.75) is 18.7 Å². The molecular weight excluding hydrogens is 298 g/mol. The van der Waals surface area contributed by atoms with E-state index in [4.69, 9.17) is 5.26 Å². The average molecular weight is 310 g/mol. The van der Waals surface area contributed by atoms with E-state index in [1.807, 2.05) is 12.3 Å². The van der Waals surface area contributed by atoms with E-state index < -0.39 is 0 Å². The van der Waals surface area contributed by atoms with Crippen molar-refractivity contribution < 1.29 is 0 Å². The number of nitriles is 1. The summed E-state index contributed by atoms with van der Waals surface area (Å²) in [4.78, 5) is 1.16. The highest BCUT2D eigenvalue weighted by atomic mass is 79.9. The maximum atomic E-state index is 8.97. The van der Waals surface area contributed by atoms with Gasteiger partial charge in [0.2, 0.25) is 0 Å². The van der Waals surface area contributed by atoms with Gasteiger partial charge in [-0.1, -0.05) is 13.8 Å². The van der Waals surface area contributed by atoms with Gasteiger partial charge in [-0.2, -0.15) is 10.4 Å². The van der Waals surface area contributed by atoms with Crippen molar-refractivity contribution in [3.63, 3.8) is 0 Å². The quantitative estimate of drug-likeness (QED) is 0.811. The van der Waals surface area contributed by atoms with Gasteiger partial charge in [0.25, 0.3) is 0 Å². The van der Waals surface area contributed by atoms with Crippen molar-refractivity contribution in [2.24, 2.45) is 5.92 Å². The average Bonchev–Trinajstić information content (AvgIpc) is 2.69. The van der Waals surface area contributed by atoms with Crippen molar-refractivity contribution in [3.05, 3.63) is 28.5 Å². The molecular formula is C12H12BrN3S. The van der Waals surface area contributed by atoms with Gasteiger partial charge in [-0.3, -0.25) is 0 Å². The summed E-state index contributed by atoms with van der Waals surface area (Å²) in [5.74, 6) is 1.73. The highest BCUT2D eigenvalue weighted by molar-refractivity contribution is 9.10. The Kier molecular flexibility index (Phi) is 3.75. The predicted molar refractivity (Wildman–Crippen MR) is 73.2 cm³/mol.